The van der Waals surface area contributed by atoms with Crippen LogP contribution in [0.5, 0.6) is 0 Å². The number of hydrogen-bond donors (Lipinski definition) is 2. The average molecular weight is 297 g/mol. The van der Waals surface area contributed by atoms with E-state index in [1.807, 2.05) is 0 Å². The first-order valence-corrected chi connectivity index (χ1v) is 6.00. The number of rotatable bonds is 3. The number of carboxylic acids is 1. The van der Waals surface area contributed by atoms with E-state index < -0.39 is 39.4 Å². The van der Waals surface area contributed by atoms with Gasteiger partial charge in [-0.25, -0.2) is 4.39 Å². The van der Waals surface area contributed by atoms with Gasteiger partial charge in [-0.05, 0) is 12.5 Å². The van der Waals surface area contributed by atoms with Crippen molar-refractivity contribution in [3.05, 3.63) is 39.7 Å². The summed E-state index contributed by atoms with van der Waals surface area (Å²) >= 11 is 0. The topological polar surface area (TPSA) is 127 Å². The average Bonchev–Trinajstić information content (AvgIpc) is 2.82. The number of amides is 1. The highest BCUT2D eigenvalue weighted by atomic mass is 19.1. The van der Waals surface area contributed by atoms with E-state index >= 15 is 0 Å². The lowest BCUT2D eigenvalue weighted by Crippen LogP contribution is -2.50. The van der Waals surface area contributed by atoms with Gasteiger partial charge < -0.3 is 15.7 Å². The van der Waals surface area contributed by atoms with Crippen molar-refractivity contribution in [1.29, 1.82) is 0 Å². The first-order chi connectivity index (χ1) is 9.74. The maximum atomic E-state index is 13.7. The number of carboxylic acid groups (broad SMARTS) is 1. The maximum Gasteiger partial charge on any atom is 0.325 e. The van der Waals surface area contributed by atoms with Gasteiger partial charge in [-0.15, -0.1) is 0 Å². The SMILES string of the molecule is NC1(C(=O)O)CCN(C(=O)c2cc([N+](=O)[O-])ccc2F)C1. The van der Waals surface area contributed by atoms with Crippen LogP contribution in [0.1, 0.15) is 16.8 Å². The lowest BCUT2D eigenvalue weighted by Gasteiger charge is -2.20. The zero-order chi connectivity index (χ0) is 15.8. The first-order valence-electron chi connectivity index (χ1n) is 6.00. The van der Waals surface area contributed by atoms with Crippen LogP contribution >= 0.6 is 0 Å². The van der Waals surface area contributed by atoms with Gasteiger partial charge in [0.15, 0.2) is 0 Å². The molecule has 0 aliphatic carbocycles. The van der Waals surface area contributed by atoms with Gasteiger partial charge in [-0.1, -0.05) is 0 Å². The quantitative estimate of drug-likeness (QED) is 0.612. The molecule has 1 saturated heterocycles. The summed E-state index contributed by atoms with van der Waals surface area (Å²) in [6, 6.07) is 2.60. The Balaban J connectivity index is 2.28. The Morgan fingerprint density at radius 3 is 2.67 bits per heavy atom. The fraction of sp³-hybridized carbons (Fsp3) is 0.333. The standard InChI is InChI=1S/C12H12FN3O5/c13-9-2-1-7(16(20)21)5-8(9)10(17)15-4-3-12(14,6-15)11(18)19/h1-2,5H,3-4,6,14H2,(H,18,19). The predicted molar refractivity (Wildman–Crippen MR) is 68.1 cm³/mol. The van der Waals surface area contributed by atoms with E-state index in [0.29, 0.717) is 0 Å². The van der Waals surface area contributed by atoms with Crippen LogP contribution < -0.4 is 5.73 Å². The molecule has 0 saturated carbocycles. The Kier molecular flexibility index (Phi) is 3.60. The number of non-ortho nitro benzene ring substituents is 1. The van der Waals surface area contributed by atoms with Gasteiger partial charge in [0.25, 0.3) is 11.6 Å². The monoisotopic (exact) mass is 297 g/mol. The molecule has 1 heterocycles. The molecular weight excluding hydrogens is 285 g/mol. The largest absolute Gasteiger partial charge is 0.480 e. The number of likely N-dealkylation sites (tertiary alicyclic amines) is 1. The predicted octanol–water partition coefficient (Wildman–Crippen LogP) is 0.362. The minimum Gasteiger partial charge on any atom is -0.480 e. The molecule has 0 spiro atoms. The number of carbonyl (C=O) groups is 2. The molecule has 1 atom stereocenters. The van der Waals surface area contributed by atoms with Crippen molar-refractivity contribution < 1.29 is 24.0 Å². The van der Waals surface area contributed by atoms with Gasteiger partial charge in [0.05, 0.1) is 10.5 Å². The van der Waals surface area contributed by atoms with Gasteiger partial charge in [0.2, 0.25) is 0 Å². The fourth-order valence-corrected chi connectivity index (χ4v) is 2.14. The van der Waals surface area contributed by atoms with Crippen molar-refractivity contribution in [2.75, 3.05) is 13.1 Å². The third-order valence-electron chi connectivity index (χ3n) is 3.41. The molecule has 1 aromatic rings. The maximum absolute atomic E-state index is 13.7. The second-order valence-electron chi connectivity index (χ2n) is 4.86. The summed E-state index contributed by atoms with van der Waals surface area (Å²) < 4.78 is 13.7. The third-order valence-corrected chi connectivity index (χ3v) is 3.41. The summed E-state index contributed by atoms with van der Waals surface area (Å²) in [6.07, 6.45) is 0.0324. The summed E-state index contributed by atoms with van der Waals surface area (Å²) in [5, 5.41) is 19.6. The number of hydrogen-bond acceptors (Lipinski definition) is 5. The molecule has 1 unspecified atom stereocenters. The van der Waals surface area contributed by atoms with Crippen LogP contribution in [-0.4, -0.2) is 45.4 Å². The Bertz CT molecular complexity index is 635. The number of benzene rings is 1. The smallest absolute Gasteiger partial charge is 0.325 e. The van der Waals surface area contributed by atoms with Crippen LogP contribution in [-0.2, 0) is 4.79 Å². The first kappa shape index (κ1) is 14.9. The van der Waals surface area contributed by atoms with E-state index in [4.69, 9.17) is 10.8 Å². The van der Waals surface area contributed by atoms with Gasteiger partial charge in [0, 0.05) is 25.2 Å². The number of halogens is 1. The summed E-state index contributed by atoms with van der Waals surface area (Å²) in [5.74, 6) is -2.97. The summed E-state index contributed by atoms with van der Waals surface area (Å²) in [5.41, 5.74) is 3.16. The van der Waals surface area contributed by atoms with Crippen molar-refractivity contribution in [2.24, 2.45) is 5.73 Å². The number of carbonyl (C=O) groups excluding carboxylic acids is 1. The number of nitrogens with two attached hydrogens (primary N) is 1. The van der Waals surface area contributed by atoms with E-state index in [1.54, 1.807) is 0 Å². The van der Waals surface area contributed by atoms with Crippen LogP contribution in [0.2, 0.25) is 0 Å². The molecule has 9 heteroatoms. The Labute approximate surface area is 118 Å². The van der Waals surface area contributed by atoms with Crippen LogP contribution in [0.15, 0.2) is 18.2 Å². The van der Waals surface area contributed by atoms with Crippen LogP contribution in [0.3, 0.4) is 0 Å². The van der Waals surface area contributed by atoms with Crippen molar-refractivity contribution in [3.63, 3.8) is 0 Å². The lowest BCUT2D eigenvalue weighted by atomic mass is 10.0. The molecule has 0 radical (unpaired) electrons. The third kappa shape index (κ3) is 2.68. The Hall–Kier alpha value is -2.55. The van der Waals surface area contributed by atoms with Crippen LogP contribution in [0.25, 0.3) is 0 Å². The molecule has 0 bridgehead atoms. The zero-order valence-electron chi connectivity index (χ0n) is 10.8. The molecule has 3 N–H and O–H groups in total. The summed E-state index contributed by atoms with van der Waals surface area (Å²) in [4.78, 5) is 34.2. The molecule has 1 aromatic carbocycles. The molecular formula is C12H12FN3O5. The van der Waals surface area contributed by atoms with Gasteiger partial charge >= 0.3 is 5.97 Å². The molecule has 112 valence electrons. The molecule has 0 aromatic heterocycles. The van der Waals surface area contributed by atoms with E-state index in [2.05, 4.69) is 0 Å². The van der Waals surface area contributed by atoms with E-state index in [0.717, 1.165) is 23.1 Å². The van der Waals surface area contributed by atoms with Crippen LogP contribution in [0, 0.1) is 15.9 Å². The zero-order valence-corrected chi connectivity index (χ0v) is 10.8. The molecule has 1 aliphatic rings. The Morgan fingerprint density at radius 1 is 1.48 bits per heavy atom. The normalized spacial score (nSPS) is 21.3. The molecule has 1 fully saturated rings. The highest BCUT2D eigenvalue weighted by Crippen LogP contribution is 2.24. The molecule has 8 nitrogen and oxygen atoms in total. The van der Waals surface area contributed by atoms with Gasteiger partial charge in [0.1, 0.15) is 11.4 Å². The Morgan fingerprint density at radius 2 is 2.14 bits per heavy atom. The minimum absolute atomic E-state index is 0.0324. The van der Waals surface area contributed by atoms with Crippen LogP contribution in [0.4, 0.5) is 10.1 Å². The molecule has 21 heavy (non-hydrogen) atoms. The highest BCUT2D eigenvalue weighted by molar-refractivity contribution is 5.96. The van der Waals surface area contributed by atoms with E-state index in [1.165, 1.54) is 0 Å². The second-order valence-corrected chi connectivity index (χ2v) is 4.86. The number of nitro benzene ring substituents is 1. The molecule has 1 amide bonds. The lowest BCUT2D eigenvalue weighted by molar-refractivity contribution is -0.384. The highest BCUT2D eigenvalue weighted by Gasteiger charge is 2.43. The number of nitro groups is 1. The summed E-state index contributed by atoms with van der Waals surface area (Å²) in [6.45, 7) is -0.229. The second kappa shape index (κ2) is 5.09. The number of nitrogens with zero attached hydrogens (tertiary/aromatic N) is 2. The molecule has 1 aliphatic heterocycles. The van der Waals surface area contributed by atoms with Gasteiger partial charge in [-0.3, -0.25) is 19.7 Å². The minimum atomic E-state index is -1.58. The number of aliphatic carboxylic acids is 1. The van der Waals surface area contributed by atoms with E-state index in [9.17, 15) is 24.1 Å². The van der Waals surface area contributed by atoms with Gasteiger partial charge in [-0.2, -0.15) is 0 Å². The molecule has 2 rings (SSSR count). The van der Waals surface area contributed by atoms with E-state index in [-0.39, 0.29) is 19.5 Å². The van der Waals surface area contributed by atoms with Crippen molar-refractivity contribution in [1.82, 2.24) is 4.90 Å². The van der Waals surface area contributed by atoms with Crippen molar-refractivity contribution in [2.45, 2.75) is 12.0 Å². The van der Waals surface area contributed by atoms with Crippen molar-refractivity contribution in [3.8, 4) is 0 Å². The summed E-state index contributed by atoms with van der Waals surface area (Å²) in [7, 11) is 0. The van der Waals surface area contributed by atoms with Crippen molar-refractivity contribution >= 4 is 17.6 Å². The fourth-order valence-electron chi connectivity index (χ4n) is 2.14.